The Morgan fingerprint density at radius 3 is 2.48 bits per heavy atom. The number of fused-ring (bicyclic) bond motifs is 1. The molecule has 0 saturated carbocycles. The number of nitrogens with one attached hydrogen (secondary N) is 1. The number of hydrogen-bond acceptors (Lipinski definition) is 4. The molecule has 1 heterocycles. The monoisotopic (exact) mass is 284 g/mol. The third kappa shape index (κ3) is 2.16. The number of nitrogens with zero attached hydrogens (tertiary/aromatic N) is 1. The molecule has 2 aromatic carbocycles. The molecular weight excluding hydrogens is 272 g/mol. The number of phenols is 1. The maximum absolute atomic E-state index is 12.5. The average Bonchev–Trinajstić information content (AvgIpc) is 2.49. The second kappa shape index (κ2) is 4.82. The van der Waals surface area contributed by atoms with Crippen molar-refractivity contribution in [3.05, 3.63) is 63.3 Å². The number of phenolic OH excluding ortho intramolecular Hbond substituents is 1. The molecule has 0 aliphatic heterocycles. The highest BCUT2D eigenvalue weighted by molar-refractivity contribution is 5.79. The third-order valence-corrected chi connectivity index (χ3v) is 3.21. The Labute approximate surface area is 118 Å². The molecule has 3 rings (SSSR count). The van der Waals surface area contributed by atoms with Crippen LogP contribution in [0.15, 0.2) is 52.1 Å². The molecule has 1 aromatic heterocycles. The quantitative estimate of drug-likeness (QED) is 0.745. The van der Waals surface area contributed by atoms with Gasteiger partial charge < -0.3 is 14.8 Å². The Balaban J connectivity index is 2.31. The minimum Gasteiger partial charge on any atom is -0.508 e. The zero-order valence-electron chi connectivity index (χ0n) is 11.2. The standard InChI is InChI=1S/C15H12N2O4/c1-21-11-5-2-9(3-6-11)17-14(19)12-8-10(18)4-7-13(12)16-15(17)20/h2-8,18H,1H3,(H,16,20). The molecule has 0 radical (unpaired) electrons. The van der Waals surface area contributed by atoms with Gasteiger partial charge in [0.1, 0.15) is 11.5 Å². The summed E-state index contributed by atoms with van der Waals surface area (Å²) in [5, 5.41) is 9.74. The molecule has 0 amide bonds. The minimum atomic E-state index is -0.539. The fourth-order valence-electron chi connectivity index (χ4n) is 2.17. The number of H-pyrrole nitrogens is 1. The van der Waals surface area contributed by atoms with Gasteiger partial charge >= 0.3 is 5.69 Å². The summed E-state index contributed by atoms with van der Waals surface area (Å²) in [6.07, 6.45) is 0. The summed E-state index contributed by atoms with van der Waals surface area (Å²) < 4.78 is 6.06. The third-order valence-electron chi connectivity index (χ3n) is 3.21. The van der Waals surface area contributed by atoms with E-state index in [2.05, 4.69) is 4.98 Å². The van der Waals surface area contributed by atoms with Gasteiger partial charge in [-0.15, -0.1) is 0 Å². The number of rotatable bonds is 2. The zero-order chi connectivity index (χ0) is 15.0. The summed E-state index contributed by atoms with van der Waals surface area (Å²) in [4.78, 5) is 27.2. The summed E-state index contributed by atoms with van der Waals surface area (Å²) in [5.41, 5.74) is -0.224. The Morgan fingerprint density at radius 1 is 1.10 bits per heavy atom. The molecule has 0 unspecified atom stereocenters. The molecule has 2 N–H and O–H groups in total. The first-order valence-corrected chi connectivity index (χ1v) is 6.22. The normalized spacial score (nSPS) is 10.7. The van der Waals surface area contributed by atoms with Crippen LogP contribution in [0.25, 0.3) is 16.6 Å². The predicted octanol–water partition coefficient (Wildman–Crippen LogP) is 1.39. The van der Waals surface area contributed by atoms with Crippen LogP contribution in [0.4, 0.5) is 0 Å². The highest BCUT2D eigenvalue weighted by Gasteiger charge is 2.10. The zero-order valence-corrected chi connectivity index (χ0v) is 11.2. The van der Waals surface area contributed by atoms with Crippen LogP contribution in [0.2, 0.25) is 0 Å². The molecule has 0 saturated heterocycles. The molecule has 6 heteroatoms. The van der Waals surface area contributed by atoms with Gasteiger partial charge in [-0.05, 0) is 42.5 Å². The molecule has 0 spiro atoms. The van der Waals surface area contributed by atoms with E-state index in [4.69, 9.17) is 4.74 Å². The van der Waals surface area contributed by atoms with E-state index in [-0.39, 0.29) is 11.1 Å². The SMILES string of the molecule is COc1ccc(-n2c(=O)[nH]c3ccc(O)cc3c2=O)cc1. The van der Waals surface area contributed by atoms with Crippen molar-refractivity contribution in [1.82, 2.24) is 9.55 Å². The molecular formula is C15H12N2O4. The lowest BCUT2D eigenvalue weighted by Crippen LogP contribution is -2.33. The number of ether oxygens (including phenoxy) is 1. The highest BCUT2D eigenvalue weighted by Crippen LogP contribution is 2.16. The number of hydrogen-bond donors (Lipinski definition) is 2. The number of aromatic hydroxyl groups is 1. The fourth-order valence-corrected chi connectivity index (χ4v) is 2.17. The summed E-state index contributed by atoms with van der Waals surface area (Å²) in [6.45, 7) is 0. The maximum Gasteiger partial charge on any atom is 0.333 e. The van der Waals surface area contributed by atoms with Gasteiger partial charge in [-0.1, -0.05) is 0 Å². The first-order chi connectivity index (χ1) is 10.1. The Morgan fingerprint density at radius 2 is 1.81 bits per heavy atom. The lowest BCUT2D eigenvalue weighted by molar-refractivity contribution is 0.414. The topological polar surface area (TPSA) is 84.3 Å². The van der Waals surface area contributed by atoms with Crippen molar-refractivity contribution in [2.45, 2.75) is 0 Å². The minimum absolute atomic E-state index is 0.0343. The predicted molar refractivity (Wildman–Crippen MR) is 78.4 cm³/mol. The average molecular weight is 284 g/mol. The summed E-state index contributed by atoms with van der Waals surface area (Å²) in [6, 6.07) is 10.8. The van der Waals surface area contributed by atoms with Gasteiger partial charge in [-0.2, -0.15) is 0 Å². The van der Waals surface area contributed by atoms with Crippen molar-refractivity contribution in [3.8, 4) is 17.2 Å². The Hall–Kier alpha value is -3.02. The van der Waals surface area contributed by atoms with Gasteiger partial charge in [-0.25, -0.2) is 9.36 Å². The summed E-state index contributed by atoms with van der Waals surface area (Å²) in [5.74, 6) is 0.592. The smallest absolute Gasteiger partial charge is 0.333 e. The summed E-state index contributed by atoms with van der Waals surface area (Å²) >= 11 is 0. The van der Waals surface area contributed by atoms with Gasteiger partial charge in [0.05, 0.1) is 23.7 Å². The molecule has 106 valence electrons. The molecule has 3 aromatic rings. The molecule has 21 heavy (non-hydrogen) atoms. The van der Waals surface area contributed by atoms with Crippen LogP contribution < -0.4 is 16.0 Å². The van der Waals surface area contributed by atoms with Gasteiger partial charge in [0.2, 0.25) is 0 Å². The van der Waals surface area contributed by atoms with E-state index < -0.39 is 11.2 Å². The van der Waals surface area contributed by atoms with Crippen molar-refractivity contribution in [1.29, 1.82) is 0 Å². The van der Waals surface area contributed by atoms with E-state index in [9.17, 15) is 14.7 Å². The van der Waals surface area contributed by atoms with E-state index in [0.29, 0.717) is 17.0 Å². The molecule has 0 aliphatic carbocycles. The fraction of sp³-hybridized carbons (Fsp3) is 0.0667. The largest absolute Gasteiger partial charge is 0.508 e. The van der Waals surface area contributed by atoms with Crippen LogP contribution in [0.5, 0.6) is 11.5 Å². The molecule has 0 atom stereocenters. The number of benzene rings is 2. The van der Waals surface area contributed by atoms with Crippen LogP contribution in [-0.4, -0.2) is 21.8 Å². The summed E-state index contributed by atoms with van der Waals surface area (Å²) in [7, 11) is 1.53. The first kappa shape index (κ1) is 13.0. The van der Waals surface area contributed by atoms with E-state index in [1.807, 2.05) is 0 Å². The highest BCUT2D eigenvalue weighted by atomic mass is 16.5. The van der Waals surface area contributed by atoms with Crippen LogP contribution in [-0.2, 0) is 0 Å². The van der Waals surface area contributed by atoms with Gasteiger partial charge in [0, 0.05) is 0 Å². The van der Waals surface area contributed by atoms with E-state index >= 15 is 0 Å². The lowest BCUT2D eigenvalue weighted by Gasteiger charge is -2.07. The van der Waals surface area contributed by atoms with Gasteiger partial charge in [-0.3, -0.25) is 4.79 Å². The van der Waals surface area contributed by atoms with Crippen LogP contribution in [0.3, 0.4) is 0 Å². The molecule has 0 aliphatic rings. The van der Waals surface area contributed by atoms with Crippen LogP contribution >= 0.6 is 0 Å². The van der Waals surface area contributed by atoms with E-state index in [1.165, 1.54) is 25.3 Å². The van der Waals surface area contributed by atoms with E-state index in [0.717, 1.165) is 4.57 Å². The lowest BCUT2D eigenvalue weighted by atomic mass is 10.2. The number of methoxy groups -OCH3 is 1. The molecule has 0 bridgehead atoms. The van der Waals surface area contributed by atoms with Crippen molar-refractivity contribution in [2.24, 2.45) is 0 Å². The second-order valence-electron chi connectivity index (χ2n) is 4.50. The number of aromatic amines is 1. The van der Waals surface area contributed by atoms with Crippen molar-refractivity contribution in [3.63, 3.8) is 0 Å². The van der Waals surface area contributed by atoms with Gasteiger partial charge in [0.25, 0.3) is 5.56 Å². The Bertz CT molecular complexity index is 923. The van der Waals surface area contributed by atoms with E-state index in [1.54, 1.807) is 24.3 Å². The van der Waals surface area contributed by atoms with Crippen LogP contribution in [0.1, 0.15) is 0 Å². The first-order valence-electron chi connectivity index (χ1n) is 6.22. The number of aromatic nitrogens is 2. The van der Waals surface area contributed by atoms with Crippen molar-refractivity contribution in [2.75, 3.05) is 7.11 Å². The van der Waals surface area contributed by atoms with Crippen molar-refractivity contribution < 1.29 is 9.84 Å². The molecule has 6 nitrogen and oxygen atoms in total. The van der Waals surface area contributed by atoms with Gasteiger partial charge in [0.15, 0.2) is 0 Å². The van der Waals surface area contributed by atoms with Crippen LogP contribution in [0, 0.1) is 0 Å². The molecule has 0 fully saturated rings. The second-order valence-corrected chi connectivity index (χ2v) is 4.50. The van der Waals surface area contributed by atoms with Crippen molar-refractivity contribution >= 4 is 10.9 Å². The Kier molecular flexibility index (Phi) is 2.98. The maximum atomic E-state index is 12.5.